The molecule has 0 atom stereocenters. The molecular formula is C22H24N4O5. The summed E-state index contributed by atoms with van der Waals surface area (Å²) in [6, 6.07) is 12.4. The summed E-state index contributed by atoms with van der Waals surface area (Å²) in [6.45, 7) is 0.707. The van der Waals surface area contributed by atoms with Crippen LogP contribution in [0.15, 0.2) is 47.3 Å². The number of carbonyl (C=O) groups excluding carboxylic acids is 1. The minimum Gasteiger partial charge on any atom is -0.493 e. The molecule has 2 N–H and O–H groups in total. The zero-order valence-corrected chi connectivity index (χ0v) is 17.6. The van der Waals surface area contributed by atoms with E-state index in [0.29, 0.717) is 41.5 Å². The third-order valence-electron chi connectivity index (χ3n) is 5.27. The lowest BCUT2D eigenvalue weighted by Crippen LogP contribution is -2.40. The maximum atomic E-state index is 12.9. The largest absolute Gasteiger partial charge is 0.493 e. The van der Waals surface area contributed by atoms with Gasteiger partial charge in [-0.3, -0.25) is 9.89 Å². The third-order valence-corrected chi connectivity index (χ3v) is 5.27. The lowest BCUT2D eigenvalue weighted by Gasteiger charge is -2.26. The smallest absolute Gasteiger partial charge is 0.322 e. The predicted molar refractivity (Wildman–Crippen MR) is 116 cm³/mol. The molecule has 1 aromatic heterocycles. The fraction of sp³-hybridized carbons (Fsp3) is 0.273. The number of methoxy groups -OCH3 is 3. The van der Waals surface area contributed by atoms with E-state index in [2.05, 4.69) is 10.4 Å². The second-order valence-electron chi connectivity index (χ2n) is 7.06. The van der Waals surface area contributed by atoms with Crippen LogP contribution in [0.4, 0.5) is 10.5 Å². The van der Waals surface area contributed by atoms with Gasteiger partial charge < -0.3 is 24.4 Å². The Morgan fingerprint density at radius 2 is 1.71 bits per heavy atom. The number of nitrogens with one attached hydrogen (secondary N) is 2. The Balaban J connectivity index is 1.55. The molecule has 2 heterocycles. The van der Waals surface area contributed by atoms with Crippen molar-refractivity contribution in [1.82, 2.24) is 14.7 Å². The molecule has 1 aliphatic rings. The number of para-hydroxylation sites is 1. The maximum Gasteiger partial charge on any atom is 0.322 e. The highest BCUT2D eigenvalue weighted by molar-refractivity contribution is 5.90. The average Bonchev–Trinajstić information content (AvgIpc) is 3.14. The van der Waals surface area contributed by atoms with Crippen LogP contribution in [-0.4, -0.2) is 48.6 Å². The van der Waals surface area contributed by atoms with Crippen molar-refractivity contribution in [3.05, 3.63) is 64.1 Å². The van der Waals surface area contributed by atoms with Crippen LogP contribution in [0, 0.1) is 0 Å². The number of rotatable bonds is 5. The number of ether oxygens (including phenoxy) is 3. The molecule has 162 valence electrons. The van der Waals surface area contributed by atoms with Crippen molar-refractivity contribution in [2.24, 2.45) is 0 Å². The van der Waals surface area contributed by atoms with Gasteiger partial charge >= 0.3 is 6.03 Å². The molecule has 31 heavy (non-hydrogen) atoms. The first kappa shape index (κ1) is 20.4. The normalized spacial score (nSPS) is 12.8. The molecule has 2 amide bonds. The molecule has 0 radical (unpaired) electrons. The van der Waals surface area contributed by atoms with Gasteiger partial charge in [-0.1, -0.05) is 18.2 Å². The van der Waals surface area contributed by atoms with Crippen molar-refractivity contribution in [3.63, 3.8) is 0 Å². The lowest BCUT2D eigenvalue weighted by molar-refractivity contribution is 0.206. The highest BCUT2D eigenvalue weighted by Gasteiger charge is 2.26. The summed E-state index contributed by atoms with van der Waals surface area (Å²) >= 11 is 0. The molecule has 9 heteroatoms. The van der Waals surface area contributed by atoms with Gasteiger partial charge in [0.1, 0.15) is 0 Å². The summed E-state index contributed by atoms with van der Waals surface area (Å²) in [5.74, 6) is 1.32. The summed E-state index contributed by atoms with van der Waals surface area (Å²) in [4.78, 5) is 27.4. The van der Waals surface area contributed by atoms with Crippen LogP contribution in [0.1, 0.15) is 11.3 Å². The van der Waals surface area contributed by atoms with Crippen LogP contribution in [0.2, 0.25) is 0 Å². The number of aromatic nitrogens is 2. The van der Waals surface area contributed by atoms with Gasteiger partial charge in [0.05, 0.1) is 44.8 Å². The van der Waals surface area contributed by atoms with E-state index >= 15 is 0 Å². The van der Waals surface area contributed by atoms with Crippen molar-refractivity contribution < 1.29 is 19.0 Å². The van der Waals surface area contributed by atoms with Gasteiger partial charge in [-0.2, -0.15) is 0 Å². The topological polar surface area (TPSA) is 97.8 Å². The average molecular weight is 424 g/mol. The zero-order valence-electron chi connectivity index (χ0n) is 17.6. The van der Waals surface area contributed by atoms with Crippen molar-refractivity contribution >= 4 is 11.7 Å². The van der Waals surface area contributed by atoms with Crippen LogP contribution in [0.25, 0.3) is 5.69 Å². The van der Waals surface area contributed by atoms with Gasteiger partial charge in [0.25, 0.3) is 5.56 Å². The minimum atomic E-state index is -0.313. The first-order valence-electron chi connectivity index (χ1n) is 9.79. The molecule has 9 nitrogen and oxygen atoms in total. The van der Waals surface area contributed by atoms with Gasteiger partial charge in [0, 0.05) is 30.8 Å². The van der Waals surface area contributed by atoms with Crippen LogP contribution >= 0.6 is 0 Å². The number of anilines is 1. The second kappa shape index (κ2) is 8.47. The van der Waals surface area contributed by atoms with E-state index in [1.807, 2.05) is 30.3 Å². The van der Waals surface area contributed by atoms with E-state index in [4.69, 9.17) is 14.2 Å². The number of carbonyl (C=O) groups is 1. The monoisotopic (exact) mass is 424 g/mol. The molecule has 0 bridgehead atoms. The van der Waals surface area contributed by atoms with Crippen molar-refractivity contribution in [1.29, 1.82) is 0 Å². The fourth-order valence-electron chi connectivity index (χ4n) is 3.69. The van der Waals surface area contributed by atoms with E-state index in [-0.39, 0.29) is 18.1 Å². The molecular weight excluding hydrogens is 400 g/mol. The number of hydrogen-bond acceptors (Lipinski definition) is 5. The van der Waals surface area contributed by atoms with E-state index in [1.165, 1.54) is 26.0 Å². The van der Waals surface area contributed by atoms with Crippen LogP contribution in [0.3, 0.4) is 0 Å². The van der Waals surface area contributed by atoms with Crippen molar-refractivity contribution in [3.8, 4) is 22.9 Å². The number of amides is 2. The summed E-state index contributed by atoms with van der Waals surface area (Å²) in [5, 5.41) is 6.02. The Morgan fingerprint density at radius 3 is 2.32 bits per heavy atom. The summed E-state index contributed by atoms with van der Waals surface area (Å²) in [6.07, 6.45) is 0.563. The van der Waals surface area contributed by atoms with Gasteiger partial charge in [0.2, 0.25) is 5.75 Å². The summed E-state index contributed by atoms with van der Waals surface area (Å²) < 4.78 is 17.5. The number of aromatic amines is 1. The van der Waals surface area contributed by atoms with E-state index in [0.717, 1.165) is 11.4 Å². The van der Waals surface area contributed by atoms with Crippen LogP contribution in [0.5, 0.6) is 17.2 Å². The highest BCUT2D eigenvalue weighted by Crippen LogP contribution is 2.40. The number of hydrogen-bond donors (Lipinski definition) is 2. The molecule has 0 unspecified atom stereocenters. The Morgan fingerprint density at radius 1 is 1.03 bits per heavy atom. The number of nitrogens with zero attached hydrogens (tertiary/aromatic N) is 2. The lowest BCUT2D eigenvalue weighted by atomic mass is 10.1. The van der Waals surface area contributed by atoms with Gasteiger partial charge in [-0.25, -0.2) is 9.48 Å². The SMILES string of the molecule is COc1cc(NC(=O)N2CCc3[nH]n(-c4ccccc4)c(=O)c3C2)cc(OC)c1OC. The quantitative estimate of drug-likeness (QED) is 0.656. The molecule has 3 aromatic rings. The van der Waals surface area contributed by atoms with Crippen LogP contribution in [-0.2, 0) is 13.0 Å². The van der Waals surface area contributed by atoms with E-state index in [9.17, 15) is 9.59 Å². The molecule has 2 aromatic carbocycles. The highest BCUT2D eigenvalue weighted by atomic mass is 16.5. The first-order chi connectivity index (χ1) is 15.0. The number of urea groups is 1. The fourth-order valence-corrected chi connectivity index (χ4v) is 3.69. The summed E-state index contributed by atoms with van der Waals surface area (Å²) in [5.41, 5.74) is 2.56. The van der Waals surface area contributed by atoms with Gasteiger partial charge in [-0.05, 0) is 12.1 Å². The van der Waals surface area contributed by atoms with Crippen molar-refractivity contribution in [2.45, 2.75) is 13.0 Å². The number of fused-ring (bicyclic) bond motifs is 1. The molecule has 1 aliphatic heterocycles. The number of H-pyrrole nitrogens is 1. The second-order valence-corrected chi connectivity index (χ2v) is 7.06. The van der Waals surface area contributed by atoms with E-state index in [1.54, 1.807) is 17.0 Å². The van der Waals surface area contributed by atoms with Crippen molar-refractivity contribution in [2.75, 3.05) is 33.2 Å². The first-order valence-corrected chi connectivity index (χ1v) is 9.79. The molecule has 4 rings (SSSR count). The molecule has 0 aliphatic carbocycles. The Labute approximate surface area is 179 Å². The zero-order chi connectivity index (χ0) is 22.0. The standard InChI is InChI=1S/C22H24N4O5/c1-29-18-11-14(12-19(30-2)20(18)31-3)23-22(28)25-10-9-17-16(13-25)21(27)26(24-17)15-7-5-4-6-8-15/h4-8,11-12,24H,9-10,13H2,1-3H3,(H,23,28). The predicted octanol–water partition coefficient (Wildman–Crippen LogP) is 2.78. The molecule has 0 saturated carbocycles. The Bertz CT molecular complexity index is 1130. The maximum absolute atomic E-state index is 12.9. The Hall–Kier alpha value is -3.88. The summed E-state index contributed by atoms with van der Waals surface area (Å²) in [7, 11) is 4.54. The van der Waals surface area contributed by atoms with Gasteiger partial charge in [-0.15, -0.1) is 0 Å². The number of benzene rings is 2. The van der Waals surface area contributed by atoms with Gasteiger partial charge in [0.15, 0.2) is 11.5 Å². The molecule has 0 saturated heterocycles. The minimum absolute atomic E-state index is 0.147. The third kappa shape index (κ3) is 3.81. The van der Waals surface area contributed by atoms with E-state index < -0.39 is 0 Å². The molecule has 0 spiro atoms. The Kier molecular flexibility index (Phi) is 5.57. The van der Waals surface area contributed by atoms with Crippen LogP contribution < -0.4 is 25.1 Å². The molecule has 0 fully saturated rings.